The molecule has 0 atom stereocenters. The Kier molecular flexibility index (Phi) is 2.43. The second-order valence-corrected chi connectivity index (χ2v) is 3.50. The average molecular weight is 202 g/mol. The normalized spacial score (nSPS) is 10.5. The largest absolute Gasteiger partial charge is 0.397 e. The lowest BCUT2D eigenvalue weighted by Gasteiger charge is -2.07. The van der Waals surface area contributed by atoms with E-state index >= 15 is 0 Å². The summed E-state index contributed by atoms with van der Waals surface area (Å²) >= 11 is 0. The van der Waals surface area contributed by atoms with Gasteiger partial charge in [-0.15, -0.1) is 0 Å². The number of hydrogen-bond donors (Lipinski definition) is 2. The van der Waals surface area contributed by atoms with Crippen molar-refractivity contribution in [2.75, 3.05) is 5.73 Å². The van der Waals surface area contributed by atoms with Gasteiger partial charge in [0.2, 0.25) is 0 Å². The number of nitrogens with two attached hydrogens (primary N) is 2. The Bertz CT molecular complexity index is 473. The van der Waals surface area contributed by atoms with E-state index in [4.69, 9.17) is 11.5 Å². The summed E-state index contributed by atoms with van der Waals surface area (Å²) in [5, 5.41) is 4.30. The van der Waals surface area contributed by atoms with Crippen molar-refractivity contribution in [1.82, 2.24) is 9.78 Å². The summed E-state index contributed by atoms with van der Waals surface area (Å²) in [6.07, 6.45) is 1.89. The summed E-state index contributed by atoms with van der Waals surface area (Å²) in [5.41, 5.74) is 15.0. The molecular weight excluding hydrogens is 188 g/mol. The Morgan fingerprint density at radius 2 is 2.13 bits per heavy atom. The molecular formula is C11H14N4. The van der Waals surface area contributed by atoms with Crippen molar-refractivity contribution in [2.45, 2.75) is 13.5 Å². The summed E-state index contributed by atoms with van der Waals surface area (Å²) in [6.45, 7) is 2.45. The second kappa shape index (κ2) is 3.74. The van der Waals surface area contributed by atoms with Gasteiger partial charge in [0.25, 0.3) is 0 Å². The fourth-order valence-corrected chi connectivity index (χ4v) is 1.49. The zero-order valence-electron chi connectivity index (χ0n) is 8.64. The van der Waals surface area contributed by atoms with Crippen molar-refractivity contribution in [3.63, 3.8) is 0 Å². The zero-order valence-corrected chi connectivity index (χ0v) is 8.64. The highest BCUT2D eigenvalue weighted by Gasteiger charge is 2.03. The molecule has 0 radical (unpaired) electrons. The number of nitrogen functional groups attached to an aromatic ring is 1. The van der Waals surface area contributed by atoms with Crippen molar-refractivity contribution >= 4 is 5.69 Å². The van der Waals surface area contributed by atoms with Crippen LogP contribution in [0.4, 0.5) is 5.69 Å². The van der Waals surface area contributed by atoms with Crippen LogP contribution in [-0.4, -0.2) is 9.78 Å². The molecule has 0 amide bonds. The number of anilines is 1. The van der Waals surface area contributed by atoms with Crippen molar-refractivity contribution in [1.29, 1.82) is 0 Å². The maximum Gasteiger partial charge on any atom is 0.0875 e. The molecule has 2 rings (SSSR count). The monoisotopic (exact) mass is 202 g/mol. The number of rotatable bonds is 2. The third-order valence-corrected chi connectivity index (χ3v) is 2.30. The molecule has 0 saturated heterocycles. The predicted molar refractivity (Wildman–Crippen MR) is 60.6 cm³/mol. The van der Waals surface area contributed by atoms with Crippen molar-refractivity contribution in [3.8, 4) is 5.69 Å². The molecule has 1 aromatic heterocycles. The van der Waals surface area contributed by atoms with E-state index in [9.17, 15) is 0 Å². The molecule has 0 fully saturated rings. The van der Waals surface area contributed by atoms with Crippen molar-refractivity contribution in [3.05, 3.63) is 41.7 Å². The van der Waals surface area contributed by atoms with Gasteiger partial charge in [0.05, 0.1) is 17.1 Å². The highest BCUT2D eigenvalue weighted by atomic mass is 15.3. The topological polar surface area (TPSA) is 69.9 Å². The Morgan fingerprint density at radius 1 is 1.33 bits per heavy atom. The van der Waals surface area contributed by atoms with E-state index in [1.165, 1.54) is 0 Å². The molecule has 4 heteroatoms. The fourth-order valence-electron chi connectivity index (χ4n) is 1.49. The predicted octanol–water partition coefficient (Wildman–Crippen LogP) is 1.22. The van der Waals surface area contributed by atoms with Crippen LogP contribution in [0, 0.1) is 6.92 Å². The molecule has 1 heterocycles. The summed E-state index contributed by atoms with van der Waals surface area (Å²) < 4.78 is 1.77. The van der Waals surface area contributed by atoms with Crippen LogP contribution in [0.3, 0.4) is 0 Å². The molecule has 1 aromatic carbocycles. The van der Waals surface area contributed by atoms with Gasteiger partial charge < -0.3 is 11.5 Å². The van der Waals surface area contributed by atoms with Crippen LogP contribution in [0.2, 0.25) is 0 Å². The lowest BCUT2D eigenvalue weighted by Crippen LogP contribution is -2.03. The first kappa shape index (κ1) is 9.73. The molecule has 0 saturated carbocycles. The maximum absolute atomic E-state index is 5.92. The van der Waals surface area contributed by atoms with Gasteiger partial charge in [-0.3, -0.25) is 0 Å². The average Bonchev–Trinajstić information content (AvgIpc) is 2.64. The highest BCUT2D eigenvalue weighted by Crippen LogP contribution is 2.18. The van der Waals surface area contributed by atoms with E-state index in [0.29, 0.717) is 12.2 Å². The van der Waals surface area contributed by atoms with Crippen LogP contribution in [0.5, 0.6) is 0 Å². The molecule has 2 aromatic rings. The first-order valence-electron chi connectivity index (χ1n) is 4.82. The van der Waals surface area contributed by atoms with E-state index in [0.717, 1.165) is 16.9 Å². The number of nitrogens with zero attached hydrogens (tertiary/aromatic N) is 2. The van der Waals surface area contributed by atoms with Crippen molar-refractivity contribution < 1.29 is 0 Å². The molecule has 15 heavy (non-hydrogen) atoms. The van der Waals surface area contributed by atoms with Crippen molar-refractivity contribution in [2.24, 2.45) is 5.73 Å². The number of aryl methyl sites for hydroxylation is 1. The van der Waals surface area contributed by atoms with Gasteiger partial charge >= 0.3 is 0 Å². The third-order valence-electron chi connectivity index (χ3n) is 2.30. The van der Waals surface area contributed by atoms with E-state index in [2.05, 4.69) is 5.10 Å². The van der Waals surface area contributed by atoms with Crippen LogP contribution < -0.4 is 11.5 Å². The quantitative estimate of drug-likeness (QED) is 0.719. The lowest BCUT2D eigenvalue weighted by molar-refractivity contribution is 0.863. The first-order valence-corrected chi connectivity index (χ1v) is 4.82. The van der Waals surface area contributed by atoms with E-state index in [1.807, 2.05) is 37.4 Å². The molecule has 0 aliphatic rings. The van der Waals surface area contributed by atoms with Gasteiger partial charge in [-0.05, 0) is 30.7 Å². The third kappa shape index (κ3) is 1.85. The van der Waals surface area contributed by atoms with Crippen LogP contribution in [0.1, 0.15) is 11.3 Å². The van der Waals surface area contributed by atoms with Crippen LogP contribution in [-0.2, 0) is 6.54 Å². The fraction of sp³-hybridized carbons (Fsp3) is 0.182. The Hall–Kier alpha value is -1.81. The van der Waals surface area contributed by atoms with Gasteiger partial charge in [-0.25, -0.2) is 4.68 Å². The Balaban J connectivity index is 2.45. The minimum absolute atomic E-state index is 0.503. The van der Waals surface area contributed by atoms with Gasteiger partial charge in [0, 0.05) is 12.7 Å². The molecule has 0 aliphatic heterocycles. The van der Waals surface area contributed by atoms with Gasteiger partial charge in [-0.2, -0.15) is 5.10 Å². The minimum atomic E-state index is 0.503. The van der Waals surface area contributed by atoms with Gasteiger partial charge in [0.1, 0.15) is 0 Å². The SMILES string of the molecule is Cc1ccn(-c2ccc(CN)cc2N)n1. The van der Waals surface area contributed by atoms with Gasteiger partial charge in [0.15, 0.2) is 0 Å². The number of aromatic nitrogens is 2. The summed E-state index contributed by atoms with van der Waals surface area (Å²) in [7, 11) is 0. The highest BCUT2D eigenvalue weighted by molar-refractivity contribution is 5.58. The molecule has 4 N–H and O–H groups in total. The molecule has 78 valence electrons. The van der Waals surface area contributed by atoms with E-state index in [-0.39, 0.29) is 0 Å². The summed E-state index contributed by atoms with van der Waals surface area (Å²) in [5.74, 6) is 0. The Morgan fingerprint density at radius 3 is 2.67 bits per heavy atom. The van der Waals surface area contributed by atoms with Gasteiger partial charge in [-0.1, -0.05) is 6.07 Å². The standard InChI is InChI=1S/C11H14N4/c1-8-4-5-15(14-8)11-3-2-9(7-12)6-10(11)13/h2-6H,7,12-13H2,1H3. The van der Waals surface area contributed by atoms with E-state index < -0.39 is 0 Å². The molecule has 0 aliphatic carbocycles. The smallest absolute Gasteiger partial charge is 0.0875 e. The summed E-state index contributed by atoms with van der Waals surface area (Å²) in [6, 6.07) is 7.72. The van der Waals surface area contributed by atoms with E-state index in [1.54, 1.807) is 4.68 Å². The maximum atomic E-state index is 5.92. The zero-order chi connectivity index (χ0) is 10.8. The Labute approximate surface area is 88.5 Å². The lowest BCUT2D eigenvalue weighted by atomic mass is 10.2. The minimum Gasteiger partial charge on any atom is -0.397 e. The molecule has 4 nitrogen and oxygen atoms in total. The summed E-state index contributed by atoms with van der Waals surface area (Å²) in [4.78, 5) is 0. The number of benzene rings is 1. The second-order valence-electron chi connectivity index (χ2n) is 3.50. The van der Waals surface area contributed by atoms with Crippen LogP contribution in [0.15, 0.2) is 30.5 Å². The molecule has 0 spiro atoms. The number of hydrogen-bond acceptors (Lipinski definition) is 3. The van der Waals surface area contributed by atoms with Crippen LogP contribution >= 0.6 is 0 Å². The molecule has 0 bridgehead atoms. The molecule has 0 unspecified atom stereocenters. The van der Waals surface area contributed by atoms with Crippen LogP contribution in [0.25, 0.3) is 5.69 Å². The first-order chi connectivity index (χ1) is 7.20.